The fraction of sp³-hybridized carbons (Fsp3) is 0.278. The molecule has 1 saturated heterocycles. The first-order valence-electron chi connectivity index (χ1n) is 10.1. The number of aromatic amines is 1. The molecule has 4 rings (SSSR count). The average Bonchev–Trinajstić information content (AvgIpc) is 3.56. The van der Waals surface area contributed by atoms with Crippen molar-refractivity contribution in [2.45, 2.75) is 18.0 Å². The summed E-state index contributed by atoms with van der Waals surface area (Å²) in [4.78, 5) is 59.9. The molecule has 2 aliphatic rings. The van der Waals surface area contributed by atoms with Crippen molar-refractivity contribution in [1.82, 2.24) is 35.8 Å². The maximum atomic E-state index is 13.1. The molecule has 37 heavy (non-hydrogen) atoms. The second-order valence-electron chi connectivity index (χ2n) is 6.99. The summed E-state index contributed by atoms with van der Waals surface area (Å²) < 4.78 is 4.51. The Morgan fingerprint density at radius 1 is 1.46 bits per heavy atom. The molecule has 2 aromatic heterocycles. The molecular weight excluding hydrogens is 550 g/mol. The first kappa shape index (κ1) is 26.1. The number of β-lactam (4-membered cyclic amide) rings is 1. The molecule has 2 aliphatic heterocycles. The third-order valence-electron chi connectivity index (χ3n) is 4.76. The van der Waals surface area contributed by atoms with Gasteiger partial charge in [-0.25, -0.2) is 14.6 Å². The zero-order valence-electron chi connectivity index (χ0n) is 18.7. The van der Waals surface area contributed by atoms with E-state index in [-0.39, 0.29) is 40.4 Å². The number of hydrogen-bond donors (Lipinski definition) is 4. The standard InChI is InChI=1S/C18H17N9O7S3/c1-33-10(28)2-3-35-8-6-36-16-12(15(30)27(16)13(8)17(31)32)21-14(29)11(7-5-37-18(19)20-7)24-34-4-9-22-25-26-23-9/h2-3,5,12,16H,4,6H2,1H3,(H2,19,20)(H,21,29)(H,31,32)(H,22,23,25,26)/b3-2-,24-11+/t12-,16-/m1/s1. The molecule has 0 aliphatic carbocycles. The van der Waals surface area contributed by atoms with Crippen molar-refractivity contribution < 1.29 is 33.9 Å². The molecular formula is C18H17N9O7S3. The molecule has 0 unspecified atom stereocenters. The highest BCUT2D eigenvalue weighted by Crippen LogP contribution is 2.43. The number of anilines is 1. The second kappa shape index (κ2) is 11.4. The van der Waals surface area contributed by atoms with Crippen LogP contribution in [0.2, 0.25) is 0 Å². The van der Waals surface area contributed by atoms with Crippen LogP contribution in [0.15, 0.2) is 32.6 Å². The molecule has 1 fully saturated rings. The van der Waals surface area contributed by atoms with Gasteiger partial charge in [-0.1, -0.05) is 22.1 Å². The molecule has 2 amide bonds. The minimum absolute atomic E-state index is 0.121. The van der Waals surface area contributed by atoms with E-state index >= 15 is 0 Å². The van der Waals surface area contributed by atoms with Crippen LogP contribution < -0.4 is 11.1 Å². The lowest BCUT2D eigenvalue weighted by molar-refractivity contribution is -0.150. The van der Waals surface area contributed by atoms with Gasteiger partial charge in [-0.3, -0.25) is 14.5 Å². The van der Waals surface area contributed by atoms with Crippen molar-refractivity contribution in [3.63, 3.8) is 0 Å². The van der Waals surface area contributed by atoms with Crippen molar-refractivity contribution >= 4 is 69.5 Å². The van der Waals surface area contributed by atoms with Crippen molar-refractivity contribution in [1.29, 1.82) is 0 Å². The quantitative estimate of drug-likeness (QED) is 0.0913. The number of aromatic nitrogens is 5. The maximum Gasteiger partial charge on any atom is 0.353 e. The summed E-state index contributed by atoms with van der Waals surface area (Å²) >= 11 is 3.32. The van der Waals surface area contributed by atoms with E-state index in [0.29, 0.717) is 4.91 Å². The van der Waals surface area contributed by atoms with Gasteiger partial charge in [0.2, 0.25) is 5.82 Å². The monoisotopic (exact) mass is 567 g/mol. The number of thiazole rings is 1. The van der Waals surface area contributed by atoms with Crippen molar-refractivity contribution in [3.05, 3.63) is 39.0 Å². The van der Waals surface area contributed by atoms with Crippen LogP contribution >= 0.6 is 34.9 Å². The van der Waals surface area contributed by atoms with Crippen molar-refractivity contribution in [2.75, 3.05) is 18.6 Å². The lowest BCUT2D eigenvalue weighted by atomic mass is 10.0. The summed E-state index contributed by atoms with van der Waals surface area (Å²) in [6.07, 6.45) is 1.14. The Labute approximate surface area is 219 Å². The number of carboxylic acid groups (broad SMARTS) is 1. The highest BCUT2D eigenvalue weighted by Gasteiger charge is 2.54. The molecule has 0 bridgehead atoms. The first-order valence-corrected chi connectivity index (χ1v) is 12.9. The predicted molar refractivity (Wildman–Crippen MR) is 130 cm³/mol. The van der Waals surface area contributed by atoms with Crippen LogP contribution in [-0.4, -0.2) is 89.4 Å². The van der Waals surface area contributed by atoms with Crippen LogP contribution in [-0.2, 0) is 35.4 Å². The van der Waals surface area contributed by atoms with Crippen LogP contribution in [0, 0.1) is 0 Å². The van der Waals surface area contributed by atoms with E-state index in [9.17, 15) is 24.3 Å². The van der Waals surface area contributed by atoms with E-state index in [2.05, 4.69) is 40.8 Å². The molecule has 0 radical (unpaired) electrons. The Balaban J connectivity index is 1.48. The molecule has 2 aromatic rings. The smallest absolute Gasteiger partial charge is 0.353 e. The zero-order chi connectivity index (χ0) is 26.5. The molecule has 194 valence electrons. The lowest BCUT2D eigenvalue weighted by Gasteiger charge is -2.49. The number of nitrogens with two attached hydrogens (primary N) is 1. The molecule has 5 N–H and O–H groups in total. The van der Waals surface area contributed by atoms with Gasteiger partial charge in [-0.15, -0.1) is 33.3 Å². The van der Waals surface area contributed by atoms with Gasteiger partial charge in [0.05, 0.1) is 7.11 Å². The number of ether oxygens (including phenoxy) is 1. The number of fused-ring (bicyclic) bond motifs is 1. The first-order chi connectivity index (χ1) is 17.8. The molecule has 16 nitrogen and oxygen atoms in total. The number of rotatable bonds is 10. The number of tetrazole rings is 1. The lowest BCUT2D eigenvalue weighted by Crippen LogP contribution is -2.71. The third kappa shape index (κ3) is 5.73. The fourth-order valence-electron chi connectivity index (χ4n) is 3.13. The maximum absolute atomic E-state index is 13.1. The number of nitrogens with zero attached hydrogens (tertiary/aromatic N) is 6. The molecule has 0 spiro atoms. The molecule has 19 heteroatoms. The van der Waals surface area contributed by atoms with Gasteiger partial charge in [0.1, 0.15) is 22.8 Å². The van der Waals surface area contributed by atoms with Crippen LogP contribution in [0.3, 0.4) is 0 Å². The van der Waals surface area contributed by atoms with Gasteiger partial charge in [0.15, 0.2) is 17.5 Å². The summed E-state index contributed by atoms with van der Waals surface area (Å²) in [7, 11) is 1.22. The minimum atomic E-state index is -1.31. The number of thioether (sulfide) groups is 2. The highest BCUT2D eigenvalue weighted by atomic mass is 32.2. The number of aliphatic carboxylic acids is 1. The number of methoxy groups -OCH3 is 1. The van der Waals surface area contributed by atoms with Crippen LogP contribution in [0.1, 0.15) is 11.5 Å². The van der Waals surface area contributed by atoms with Gasteiger partial charge >= 0.3 is 11.9 Å². The Morgan fingerprint density at radius 3 is 2.92 bits per heavy atom. The van der Waals surface area contributed by atoms with E-state index in [1.54, 1.807) is 0 Å². The Bertz CT molecular complexity index is 1310. The number of hydrogen-bond acceptors (Lipinski definition) is 15. The van der Waals surface area contributed by atoms with E-state index in [4.69, 9.17) is 10.6 Å². The average molecular weight is 568 g/mol. The van der Waals surface area contributed by atoms with E-state index in [0.717, 1.165) is 34.1 Å². The summed E-state index contributed by atoms with van der Waals surface area (Å²) in [6, 6.07) is -1.03. The number of esters is 1. The van der Waals surface area contributed by atoms with Crippen LogP contribution in [0.4, 0.5) is 5.13 Å². The summed E-state index contributed by atoms with van der Waals surface area (Å²) in [5.74, 6) is -2.90. The van der Waals surface area contributed by atoms with Crippen LogP contribution in [0.5, 0.6) is 0 Å². The van der Waals surface area contributed by atoms with Gasteiger partial charge in [-0.2, -0.15) is 5.21 Å². The number of nitrogen functional groups attached to an aromatic ring is 1. The van der Waals surface area contributed by atoms with Crippen LogP contribution in [0.25, 0.3) is 0 Å². The number of oxime groups is 1. The van der Waals surface area contributed by atoms with Gasteiger partial charge < -0.3 is 25.7 Å². The normalized spacial score (nSPS) is 19.4. The largest absolute Gasteiger partial charge is 0.477 e. The minimum Gasteiger partial charge on any atom is -0.477 e. The van der Waals surface area contributed by atoms with Crippen molar-refractivity contribution in [2.24, 2.45) is 5.16 Å². The number of carbonyl (C=O) groups excluding carboxylic acids is 3. The van der Waals surface area contributed by atoms with Gasteiger partial charge in [0, 0.05) is 22.1 Å². The van der Waals surface area contributed by atoms with E-state index in [1.165, 1.54) is 29.7 Å². The Hall–Kier alpha value is -3.97. The van der Waals surface area contributed by atoms with E-state index in [1.807, 2.05) is 0 Å². The summed E-state index contributed by atoms with van der Waals surface area (Å²) in [5.41, 5.74) is 5.33. The predicted octanol–water partition coefficient (Wildman–Crippen LogP) is -0.725. The highest BCUT2D eigenvalue weighted by molar-refractivity contribution is 8.08. The van der Waals surface area contributed by atoms with Gasteiger partial charge in [-0.05, 0) is 5.41 Å². The number of amides is 2. The van der Waals surface area contributed by atoms with Gasteiger partial charge in [0.25, 0.3) is 11.8 Å². The number of carboxylic acids is 1. The van der Waals surface area contributed by atoms with Crippen molar-refractivity contribution in [3.8, 4) is 0 Å². The SMILES string of the molecule is COC(=O)/C=C\SC1=C(C(=O)O)N2C(=O)[C@@H](NC(=O)/C(=N/OCc3nn[nH]n3)c3csc(N)n3)[C@H]2SC1. The Morgan fingerprint density at radius 2 is 2.27 bits per heavy atom. The number of nitrogens with one attached hydrogen (secondary N) is 2. The molecule has 4 heterocycles. The zero-order valence-corrected chi connectivity index (χ0v) is 21.1. The third-order valence-corrected chi connectivity index (χ3v) is 7.79. The Kier molecular flexibility index (Phi) is 8.04. The molecule has 2 atom stereocenters. The summed E-state index contributed by atoms with van der Waals surface area (Å²) in [6.45, 7) is -0.195. The number of carbonyl (C=O) groups is 4. The fourth-order valence-corrected chi connectivity index (χ4v) is 5.99. The number of H-pyrrole nitrogens is 1. The molecule has 0 aromatic carbocycles. The topological polar surface area (TPSA) is 228 Å². The summed E-state index contributed by atoms with van der Waals surface area (Å²) in [5, 5.41) is 31.6. The molecule has 0 saturated carbocycles. The second-order valence-corrected chi connectivity index (χ2v) is 9.99. The van der Waals surface area contributed by atoms with E-state index < -0.39 is 35.2 Å².